The highest BCUT2D eigenvalue weighted by Crippen LogP contribution is 2.41. The molecule has 0 spiro atoms. The standard InChI is InChI=1S/C23H23F3N4O/c1-23(2,26)19-12-16(25)3-5-17(19)18-11-15(24)4-6-20(18)31-21-13-28-14-29-22(21)30-9-7-27-8-10-30/h3-6,11-14,27H,7-10H2,1-2H3. The SMILES string of the molecule is CC(C)(F)c1cc(F)ccc1-c1cc(F)ccc1Oc1cncnc1N1CCNCC1. The van der Waals surface area contributed by atoms with Gasteiger partial charge in [-0.1, -0.05) is 6.07 Å². The third kappa shape index (κ3) is 4.64. The van der Waals surface area contributed by atoms with Crippen LogP contribution in [-0.2, 0) is 5.67 Å². The van der Waals surface area contributed by atoms with E-state index in [9.17, 15) is 13.2 Å². The number of nitrogens with zero attached hydrogens (tertiary/aromatic N) is 3. The van der Waals surface area contributed by atoms with E-state index < -0.39 is 17.3 Å². The molecule has 8 heteroatoms. The summed E-state index contributed by atoms with van der Waals surface area (Å²) in [7, 11) is 0. The minimum absolute atomic E-state index is 0.106. The fraction of sp³-hybridized carbons (Fsp3) is 0.304. The summed E-state index contributed by atoms with van der Waals surface area (Å²) in [5, 5.41) is 3.28. The lowest BCUT2D eigenvalue weighted by atomic mass is 9.90. The Labute approximate surface area is 178 Å². The summed E-state index contributed by atoms with van der Waals surface area (Å²) in [4.78, 5) is 10.5. The molecule has 3 aromatic rings. The smallest absolute Gasteiger partial charge is 0.188 e. The van der Waals surface area contributed by atoms with Crippen LogP contribution in [0.1, 0.15) is 19.4 Å². The molecular weight excluding hydrogens is 405 g/mol. The van der Waals surface area contributed by atoms with Gasteiger partial charge in [0.05, 0.1) is 6.20 Å². The molecule has 1 fully saturated rings. The van der Waals surface area contributed by atoms with Gasteiger partial charge in [-0.05, 0) is 55.3 Å². The van der Waals surface area contributed by atoms with Crippen LogP contribution in [0, 0.1) is 11.6 Å². The van der Waals surface area contributed by atoms with Crippen LogP contribution in [0.25, 0.3) is 11.1 Å². The normalized spacial score (nSPS) is 14.5. The number of hydrogen-bond acceptors (Lipinski definition) is 5. The zero-order valence-electron chi connectivity index (χ0n) is 17.3. The quantitative estimate of drug-likeness (QED) is 0.631. The fourth-order valence-electron chi connectivity index (χ4n) is 3.66. The first-order chi connectivity index (χ1) is 14.8. The van der Waals surface area contributed by atoms with Crippen LogP contribution in [-0.4, -0.2) is 36.1 Å². The van der Waals surface area contributed by atoms with Gasteiger partial charge < -0.3 is 15.0 Å². The van der Waals surface area contributed by atoms with E-state index in [2.05, 4.69) is 20.2 Å². The molecule has 0 bridgehead atoms. The van der Waals surface area contributed by atoms with E-state index in [1.165, 1.54) is 50.5 Å². The summed E-state index contributed by atoms with van der Waals surface area (Å²) in [5.74, 6) is 0.240. The maximum Gasteiger partial charge on any atom is 0.188 e. The van der Waals surface area contributed by atoms with Crippen molar-refractivity contribution in [2.45, 2.75) is 19.5 Å². The molecule has 162 valence electrons. The second-order valence-corrected chi connectivity index (χ2v) is 7.85. The van der Waals surface area contributed by atoms with Gasteiger partial charge in [0.1, 0.15) is 29.4 Å². The Morgan fingerprint density at radius 2 is 1.68 bits per heavy atom. The molecule has 0 saturated carbocycles. The Balaban J connectivity index is 1.79. The van der Waals surface area contributed by atoms with Gasteiger partial charge in [-0.15, -0.1) is 0 Å². The van der Waals surface area contributed by atoms with E-state index in [4.69, 9.17) is 4.74 Å². The van der Waals surface area contributed by atoms with Crippen molar-refractivity contribution in [1.29, 1.82) is 0 Å². The van der Waals surface area contributed by atoms with Crippen LogP contribution in [0.15, 0.2) is 48.9 Å². The van der Waals surface area contributed by atoms with Crippen molar-refractivity contribution in [3.8, 4) is 22.6 Å². The van der Waals surface area contributed by atoms with Crippen molar-refractivity contribution >= 4 is 5.82 Å². The number of aromatic nitrogens is 2. The number of nitrogens with one attached hydrogen (secondary N) is 1. The number of hydrogen-bond donors (Lipinski definition) is 1. The zero-order valence-corrected chi connectivity index (χ0v) is 17.3. The summed E-state index contributed by atoms with van der Waals surface area (Å²) < 4.78 is 49.1. The van der Waals surface area contributed by atoms with Gasteiger partial charge in [0, 0.05) is 31.7 Å². The van der Waals surface area contributed by atoms with Crippen LogP contribution in [0.5, 0.6) is 11.5 Å². The zero-order chi connectivity index (χ0) is 22.0. The van der Waals surface area contributed by atoms with Crippen LogP contribution < -0.4 is 15.0 Å². The Kier molecular flexibility index (Phi) is 5.82. The molecule has 31 heavy (non-hydrogen) atoms. The van der Waals surface area contributed by atoms with Crippen molar-refractivity contribution in [2.24, 2.45) is 0 Å². The Hall–Kier alpha value is -3.13. The molecule has 0 atom stereocenters. The highest BCUT2D eigenvalue weighted by Gasteiger charge is 2.26. The lowest BCUT2D eigenvalue weighted by molar-refractivity contribution is 0.221. The molecule has 0 unspecified atom stereocenters. The van der Waals surface area contributed by atoms with Gasteiger partial charge in [-0.2, -0.15) is 0 Å². The van der Waals surface area contributed by atoms with E-state index in [-0.39, 0.29) is 5.56 Å². The molecule has 0 aliphatic carbocycles. The first-order valence-electron chi connectivity index (χ1n) is 10.1. The summed E-state index contributed by atoms with van der Waals surface area (Å²) in [6.45, 7) is 5.80. The molecule has 1 N–H and O–H groups in total. The summed E-state index contributed by atoms with van der Waals surface area (Å²) >= 11 is 0. The molecule has 2 heterocycles. The third-order valence-electron chi connectivity index (χ3n) is 5.15. The highest BCUT2D eigenvalue weighted by molar-refractivity contribution is 5.75. The average molecular weight is 428 g/mol. The topological polar surface area (TPSA) is 50.3 Å². The van der Waals surface area contributed by atoms with Crippen LogP contribution in [0.4, 0.5) is 19.0 Å². The first kappa shape index (κ1) is 21.1. The van der Waals surface area contributed by atoms with Gasteiger partial charge in [-0.25, -0.2) is 23.1 Å². The minimum Gasteiger partial charge on any atom is -0.451 e. The Morgan fingerprint density at radius 3 is 2.42 bits per heavy atom. The molecular formula is C23H23F3N4O. The van der Waals surface area contributed by atoms with Crippen molar-refractivity contribution < 1.29 is 17.9 Å². The number of benzene rings is 2. The molecule has 0 radical (unpaired) electrons. The van der Waals surface area contributed by atoms with Crippen molar-refractivity contribution in [2.75, 3.05) is 31.1 Å². The molecule has 2 aromatic carbocycles. The summed E-state index contributed by atoms with van der Waals surface area (Å²) in [6.07, 6.45) is 2.99. The monoisotopic (exact) mass is 428 g/mol. The number of rotatable bonds is 5. The molecule has 0 amide bonds. The molecule has 1 aliphatic heterocycles. The average Bonchev–Trinajstić information content (AvgIpc) is 2.75. The van der Waals surface area contributed by atoms with E-state index in [0.717, 1.165) is 32.2 Å². The number of ether oxygens (including phenoxy) is 1. The maximum absolute atomic E-state index is 14.9. The predicted molar refractivity (Wildman–Crippen MR) is 113 cm³/mol. The Morgan fingerprint density at radius 1 is 0.968 bits per heavy atom. The lowest BCUT2D eigenvalue weighted by Crippen LogP contribution is -2.44. The lowest BCUT2D eigenvalue weighted by Gasteiger charge is -2.29. The Bertz CT molecular complexity index is 1080. The minimum atomic E-state index is -1.84. The number of halogens is 3. The van der Waals surface area contributed by atoms with Crippen molar-refractivity contribution in [3.63, 3.8) is 0 Å². The van der Waals surface area contributed by atoms with Gasteiger partial charge in [0.15, 0.2) is 11.6 Å². The molecule has 1 aromatic heterocycles. The second kappa shape index (κ2) is 8.55. The van der Waals surface area contributed by atoms with E-state index in [1.54, 1.807) is 6.20 Å². The van der Waals surface area contributed by atoms with Gasteiger partial charge >= 0.3 is 0 Å². The van der Waals surface area contributed by atoms with Crippen molar-refractivity contribution in [1.82, 2.24) is 15.3 Å². The molecule has 1 aliphatic rings. The number of piperazine rings is 1. The van der Waals surface area contributed by atoms with Crippen LogP contribution in [0.2, 0.25) is 0 Å². The molecule has 4 rings (SSSR count). The van der Waals surface area contributed by atoms with Crippen LogP contribution in [0.3, 0.4) is 0 Å². The van der Waals surface area contributed by atoms with E-state index in [0.29, 0.717) is 28.4 Å². The van der Waals surface area contributed by atoms with Gasteiger partial charge in [0.2, 0.25) is 0 Å². The predicted octanol–water partition coefficient (Wildman–Crippen LogP) is 4.83. The van der Waals surface area contributed by atoms with E-state index >= 15 is 0 Å². The number of anilines is 1. The fourth-order valence-corrected chi connectivity index (χ4v) is 3.66. The second-order valence-electron chi connectivity index (χ2n) is 7.85. The van der Waals surface area contributed by atoms with Gasteiger partial charge in [-0.3, -0.25) is 0 Å². The third-order valence-corrected chi connectivity index (χ3v) is 5.15. The first-order valence-corrected chi connectivity index (χ1v) is 10.1. The largest absolute Gasteiger partial charge is 0.451 e. The maximum atomic E-state index is 14.9. The number of alkyl halides is 1. The van der Waals surface area contributed by atoms with Crippen molar-refractivity contribution in [3.05, 3.63) is 66.1 Å². The van der Waals surface area contributed by atoms with Crippen LogP contribution >= 0.6 is 0 Å². The summed E-state index contributed by atoms with van der Waals surface area (Å²) in [6, 6.07) is 7.77. The molecule has 1 saturated heterocycles. The van der Waals surface area contributed by atoms with E-state index in [1.807, 2.05) is 0 Å². The molecule has 5 nitrogen and oxygen atoms in total. The summed E-state index contributed by atoms with van der Waals surface area (Å²) in [5.41, 5.74) is -1.07. The van der Waals surface area contributed by atoms with Gasteiger partial charge in [0.25, 0.3) is 0 Å². The highest BCUT2D eigenvalue weighted by atomic mass is 19.1.